The number of unbranched alkanes of at least 4 members (excludes halogenated alkanes) is 43. The first-order chi connectivity index (χ1) is 34.5. The van der Waals surface area contributed by atoms with E-state index in [0.717, 1.165) is 51.4 Å². The second-order valence-corrected chi connectivity index (χ2v) is 21.4. The van der Waals surface area contributed by atoms with E-state index in [1.54, 1.807) is 6.08 Å². The number of aliphatic hydroxyl groups excluding tert-OH is 2. The molecule has 0 aliphatic heterocycles. The first-order valence-corrected chi connectivity index (χ1v) is 31.3. The lowest BCUT2D eigenvalue weighted by Crippen LogP contribution is -2.45. The van der Waals surface area contributed by atoms with Crippen LogP contribution in [0.3, 0.4) is 0 Å². The molecule has 2 unspecified atom stereocenters. The summed E-state index contributed by atoms with van der Waals surface area (Å²) in [5.41, 5.74) is 0. The van der Waals surface area contributed by atoms with Gasteiger partial charge in [-0.1, -0.05) is 301 Å². The molecule has 6 nitrogen and oxygen atoms in total. The molecule has 0 aromatic rings. The zero-order chi connectivity index (χ0) is 50.7. The molecule has 70 heavy (non-hydrogen) atoms. The molecule has 0 saturated carbocycles. The SMILES string of the molecule is CCC/C=C\C/C=C\CCCCCCCC(=O)OCCCCCCCCCCCCCCCCCCCCCCCCCCC(=O)NC(CO)C(O)/C=C/CCCCCCCCCCCCCCCC. The van der Waals surface area contributed by atoms with Crippen LogP contribution in [-0.2, 0) is 14.3 Å². The topological polar surface area (TPSA) is 95.9 Å². The second-order valence-electron chi connectivity index (χ2n) is 21.4. The first-order valence-electron chi connectivity index (χ1n) is 31.3. The smallest absolute Gasteiger partial charge is 0.305 e. The number of hydrogen-bond donors (Lipinski definition) is 3. The largest absolute Gasteiger partial charge is 0.466 e. The van der Waals surface area contributed by atoms with E-state index in [2.05, 4.69) is 43.5 Å². The number of carbonyl (C=O) groups is 2. The molecule has 0 radical (unpaired) electrons. The van der Waals surface area contributed by atoms with Gasteiger partial charge < -0.3 is 20.3 Å². The fourth-order valence-corrected chi connectivity index (χ4v) is 9.61. The van der Waals surface area contributed by atoms with Gasteiger partial charge in [0.05, 0.1) is 25.4 Å². The number of amides is 1. The minimum absolute atomic E-state index is 0.000430. The van der Waals surface area contributed by atoms with Gasteiger partial charge in [-0.3, -0.25) is 9.59 Å². The maximum atomic E-state index is 12.5. The quantitative estimate of drug-likeness (QED) is 0.0321. The van der Waals surface area contributed by atoms with Crippen molar-refractivity contribution >= 4 is 11.9 Å². The van der Waals surface area contributed by atoms with Crippen LogP contribution in [0, 0.1) is 0 Å². The van der Waals surface area contributed by atoms with Crippen LogP contribution in [0.15, 0.2) is 36.5 Å². The Morgan fingerprint density at radius 3 is 1.14 bits per heavy atom. The van der Waals surface area contributed by atoms with E-state index in [0.29, 0.717) is 19.4 Å². The Hall–Kier alpha value is -1.92. The third-order valence-electron chi connectivity index (χ3n) is 14.4. The summed E-state index contributed by atoms with van der Waals surface area (Å²) in [6.07, 6.45) is 74.7. The molecule has 0 aliphatic rings. The fraction of sp³-hybridized carbons (Fsp3) is 0.875. The van der Waals surface area contributed by atoms with Crippen LogP contribution in [0.1, 0.15) is 335 Å². The number of allylic oxidation sites excluding steroid dienone is 5. The van der Waals surface area contributed by atoms with Crippen molar-refractivity contribution in [3.8, 4) is 0 Å². The van der Waals surface area contributed by atoms with Gasteiger partial charge in [-0.15, -0.1) is 0 Å². The highest BCUT2D eigenvalue weighted by Gasteiger charge is 2.18. The maximum Gasteiger partial charge on any atom is 0.305 e. The van der Waals surface area contributed by atoms with Gasteiger partial charge in [0.25, 0.3) is 0 Å². The number of carbonyl (C=O) groups excluding carboxylic acids is 2. The number of nitrogens with one attached hydrogen (secondary N) is 1. The van der Waals surface area contributed by atoms with Crippen molar-refractivity contribution in [2.24, 2.45) is 0 Å². The zero-order valence-corrected chi connectivity index (χ0v) is 47.0. The summed E-state index contributed by atoms with van der Waals surface area (Å²) in [5.74, 6) is -0.0658. The van der Waals surface area contributed by atoms with Crippen molar-refractivity contribution in [1.82, 2.24) is 5.32 Å². The van der Waals surface area contributed by atoms with Crippen molar-refractivity contribution in [2.45, 2.75) is 347 Å². The summed E-state index contributed by atoms with van der Waals surface area (Å²) in [7, 11) is 0. The Kier molecular flexibility index (Phi) is 58.0. The lowest BCUT2D eigenvalue weighted by Gasteiger charge is -2.20. The minimum atomic E-state index is -0.844. The molecule has 3 N–H and O–H groups in total. The van der Waals surface area contributed by atoms with Crippen molar-refractivity contribution in [2.75, 3.05) is 13.2 Å². The molecule has 2 atom stereocenters. The van der Waals surface area contributed by atoms with Crippen LogP contribution >= 0.6 is 0 Å². The Morgan fingerprint density at radius 2 is 0.743 bits per heavy atom. The number of rotatable bonds is 58. The molecule has 0 fully saturated rings. The predicted octanol–water partition coefficient (Wildman–Crippen LogP) is 19.6. The zero-order valence-electron chi connectivity index (χ0n) is 47.0. The van der Waals surface area contributed by atoms with Gasteiger partial charge in [0, 0.05) is 12.8 Å². The van der Waals surface area contributed by atoms with E-state index >= 15 is 0 Å². The number of esters is 1. The van der Waals surface area contributed by atoms with E-state index in [9.17, 15) is 19.8 Å². The van der Waals surface area contributed by atoms with Crippen molar-refractivity contribution in [1.29, 1.82) is 0 Å². The van der Waals surface area contributed by atoms with Crippen LogP contribution in [0.2, 0.25) is 0 Å². The monoisotopic (exact) mass is 984 g/mol. The van der Waals surface area contributed by atoms with E-state index in [4.69, 9.17) is 4.74 Å². The van der Waals surface area contributed by atoms with Crippen molar-refractivity contribution in [3.05, 3.63) is 36.5 Å². The third kappa shape index (κ3) is 55.4. The van der Waals surface area contributed by atoms with Crippen molar-refractivity contribution < 1.29 is 24.5 Å². The molecule has 0 spiro atoms. The average molecular weight is 985 g/mol. The van der Waals surface area contributed by atoms with Crippen LogP contribution in [0.5, 0.6) is 0 Å². The standard InChI is InChI=1S/C64H121NO5/c1-3-5-7-9-11-13-15-17-18-29-33-36-40-44-48-52-56-62(67)61(60-66)65-63(68)57-53-49-45-41-37-34-30-27-25-23-21-19-20-22-24-26-28-31-35-39-43-47-51-55-59-70-64(69)58-54-50-46-42-38-32-16-14-12-10-8-6-4-2/h8,10,14,16,52,56,61-62,66-67H,3-7,9,11-13,15,17-51,53-55,57-60H2,1-2H3,(H,65,68)/b10-8-,16-14-,56-52+. The molecule has 0 rings (SSSR count). The fourth-order valence-electron chi connectivity index (χ4n) is 9.61. The third-order valence-corrected chi connectivity index (χ3v) is 14.4. The van der Waals surface area contributed by atoms with Gasteiger partial charge in [-0.25, -0.2) is 0 Å². The Morgan fingerprint density at radius 1 is 0.400 bits per heavy atom. The molecule has 0 bridgehead atoms. The molecule has 0 heterocycles. The van der Waals surface area contributed by atoms with Gasteiger partial charge in [-0.2, -0.15) is 0 Å². The van der Waals surface area contributed by atoms with E-state index in [1.807, 2.05) is 6.08 Å². The molecule has 412 valence electrons. The molecular weight excluding hydrogens is 863 g/mol. The van der Waals surface area contributed by atoms with E-state index < -0.39 is 12.1 Å². The Labute approximate surface area is 436 Å². The summed E-state index contributed by atoms with van der Waals surface area (Å²) in [6.45, 7) is 4.85. The van der Waals surface area contributed by atoms with Crippen molar-refractivity contribution in [3.63, 3.8) is 0 Å². The molecule has 0 aliphatic carbocycles. The van der Waals surface area contributed by atoms with Gasteiger partial charge >= 0.3 is 5.97 Å². The Balaban J connectivity index is 3.39. The maximum absolute atomic E-state index is 12.5. The highest BCUT2D eigenvalue weighted by atomic mass is 16.5. The predicted molar refractivity (Wildman–Crippen MR) is 306 cm³/mol. The highest BCUT2D eigenvalue weighted by Crippen LogP contribution is 2.18. The molecule has 1 amide bonds. The average Bonchev–Trinajstić information content (AvgIpc) is 3.36. The van der Waals surface area contributed by atoms with Gasteiger partial charge in [0.2, 0.25) is 5.91 Å². The summed E-state index contributed by atoms with van der Waals surface area (Å²) in [4.78, 5) is 24.5. The second kappa shape index (κ2) is 59.6. The van der Waals surface area contributed by atoms with Gasteiger partial charge in [-0.05, 0) is 57.8 Å². The summed E-state index contributed by atoms with van der Waals surface area (Å²) in [5, 5.41) is 23.2. The number of aliphatic hydroxyl groups is 2. The number of hydrogen-bond acceptors (Lipinski definition) is 5. The molecule has 6 heteroatoms. The van der Waals surface area contributed by atoms with Crippen LogP contribution in [0.25, 0.3) is 0 Å². The van der Waals surface area contributed by atoms with Gasteiger partial charge in [0.1, 0.15) is 0 Å². The van der Waals surface area contributed by atoms with Crippen LogP contribution in [-0.4, -0.2) is 47.4 Å². The molecule has 0 aromatic carbocycles. The van der Waals surface area contributed by atoms with Gasteiger partial charge in [0.15, 0.2) is 0 Å². The molecule has 0 aromatic heterocycles. The molecule has 0 saturated heterocycles. The lowest BCUT2D eigenvalue weighted by molar-refractivity contribution is -0.143. The molecular formula is C64H121NO5. The minimum Gasteiger partial charge on any atom is -0.466 e. The lowest BCUT2D eigenvalue weighted by atomic mass is 10.0. The Bertz CT molecular complexity index is 1130. The van der Waals surface area contributed by atoms with E-state index in [1.165, 1.54) is 257 Å². The normalized spacial score (nSPS) is 12.8. The van der Waals surface area contributed by atoms with Crippen LogP contribution in [0.4, 0.5) is 0 Å². The summed E-state index contributed by atoms with van der Waals surface area (Å²) < 4.78 is 5.47. The number of ether oxygens (including phenoxy) is 1. The highest BCUT2D eigenvalue weighted by molar-refractivity contribution is 5.76. The summed E-state index contributed by atoms with van der Waals surface area (Å²) in [6, 6.07) is -0.627. The first kappa shape index (κ1) is 68.1. The van der Waals surface area contributed by atoms with E-state index in [-0.39, 0.29) is 18.5 Å². The van der Waals surface area contributed by atoms with Crippen LogP contribution < -0.4 is 5.32 Å². The summed E-state index contributed by atoms with van der Waals surface area (Å²) >= 11 is 0.